The number of ether oxygens (including phenoxy) is 1. The van der Waals surface area contributed by atoms with E-state index < -0.39 is 11.7 Å². The number of anilines is 1. The molecule has 3 aromatic carbocycles. The van der Waals surface area contributed by atoms with E-state index in [2.05, 4.69) is 15.5 Å². The summed E-state index contributed by atoms with van der Waals surface area (Å²) in [4.78, 5) is 12.2. The van der Waals surface area contributed by atoms with Gasteiger partial charge in [0.15, 0.2) is 10.9 Å². The molecule has 0 aliphatic carbocycles. The molecule has 0 saturated carbocycles. The number of nitrogens with one attached hydrogen (secondary N) is 1. The maximum atomic E-state index is 12.8. The molecule has 32 heavy (non-hydrogen) atoms. The molecule has 0 aliphatic heterocycles. The number of fused-ring (bicyclic) bond motifs is 1. The second-order valence-electron chi connectivity index (χ2n) is 6.71. The van der Waals surface area contributed by atoms with E-state index in [0.29, 0.717) is 26.5 Å². The summed E-state index contributed by atoms with van der Waals surface area (Å²) in [5.74, 6) is 0.495. The van der Waals surface area contributed by atoms with E-state index in [0.717, 1.165) is 34.2 Å². The van der Waals surface area contributed by atoms with Gasteiger partial charge >= 0.3 is 6.18 Å². The van der Waals surface area contributed by atoms with E-state index in [9.17, 15) is 18.0 Å². The second-order valence-corrected chi connectivity index (χ2v) is 8.91. The SMILES string of the molecule is O=C(COc1ccc2ccccc2c1)Nc1nnc(SCc2cccc(C(F)(F)F)c2)s1. The normalized spacial score (nSPS) is 11.5. The molecular weight excluding hydrogens is 459 g/mol. The van der Waals surface area contributed by atoms with Gasteiger partial charge in [0, 0.05) is 5.75 Å². The molecule has 1 amide bonds. The van der Waals surface area contributed by atoms with Crippen molar-refractivity contribution in [3.05, 3.63) is 77.9 Å². The highest BCUT2D eigenvalue weighted by atomic mass is 32.2. The predicted molar refractivity (Wildman–Crippen MR) is 119 cm³/mol. The summed E-state index contributed by atoms with van der Waals surface area (Å²) >= 11 is 2.39. The molecule has 0 saturated heterocycles. The Balaban J connectivity index is 1.28. The number of carbonyl (C=O) groups is 1. The van der Waals surface area contributed by atoms with Gasteiger partial charge in [-0.05, 0) is 34.5 Å². The summed E-state index contributed by atoms with van der Waals surface area (Å²) in [7, 11) is 0. The molecule has 1 aromatic heterocycles. The highest BCUT2D eigenvalue weighted by molar-refractivity contribution is 8.00. The first-order chi connectivity index (χ1) is 15.4. The summed E-state index contributed by atoms with van der Waals surface area (Å²) < 4.78 is 44.5. The minimum absolute atomic E-state index is 0.190. The number of nitrogens with zero attached hydrogens (tertiary/aromatic N) is 2. The Labute approximate surface area is 189 Å². The molecule has 0 aliphatic rings. The number of halogens is 3. The third kappa shape index (κ3) is 5.77. The van der Waals surface area contributed by atoms with Crippen molar-refractivity contribution in [2.75, 3.05) is 11.9 Å². The topological polar surface area (TPSA) is 64.1 Å². The Morgan fingerprint density at radius 2 is 1.81 bits per heavy atom. The quantitative estimate of drug-likeness (QED) is 0.262. The largest absolute Gasteiger partial charge is 0.484 e. The van der Waals surface area contributed by atoms with Crippen LogP contribution in [0.25, 0.3) is 10.8 Å². The van der Waals surface area contributed by atoms with Crippen molar-refractivity contribution in [3.63, 3.8) is 0 Å². The fourth-order valence-electron chi connectivity index (χ4n) is 2.86. The number of aromatic nitrogens is 2. The van der Waals surface area contributed by atoms with Crippen molar-refractivity contribution in [2.45, 2.75) is 16.3 Å². The van der Waals surface area contributed by atoms with Crippen molar-refractivity contribution in [1.82, 2.24) is 10.2 Å². The average molecular weight is 476 g/mol. The number of carbonyl (C=O) groups excluding carboxylic acids is 1. The molecule has 0 atom stereocenters. The smallest absolute Gasteiger partial charge is 0.416 e. The van der Waals surface area contributed by atoms with Gasteiger partial charge in [-0.2, -0.15) is 13.2 Å². The third-order valence-corrected chi connectivity index (χ3v) is 6.40. The lowest BCUT2D eigenvalue weighted by molar-refractivity contribution is -0.137. The molecule has 5 nitrogen and oxygen atoms in total. The van der Waals surface area contributed by atoms with E-state index in [1.165, 1.54) is 17.8 Å². The van der Waals surface area contributed by atoms with Crippen LogP contribution in [-0.2, 0) is 16.7 Å². The molecular formula is C22H16F3N3O2S2. The van der Waals surface area contributed by atoms with Gasteiger partial charge in [0.2, 0.25) is 5.13 Å². The van der Waals surface area contributed by atoms with Crippen molar-refractivity contribution < 1.29 is 22.7 Å². The van der Waals surface area contributed by atoms with E-state index in [4.69, 9.17) is 4.74 Å². The lowest BCUT2D eigenvalue weighted by atomic mass is 10.1. The summed E-state index contributed by atoms with van der Waals surface area (Å²) in [6.07, 6.45) is -4.38. The van der Waals surface area contributed by atoms with Crippen LogP contribution >= 0.6 is 23.1 Å². The Hall–Kier alpha value is -3.11. The van der Waals surface area contributed by atoms with Crippen LogP contribution < -0.4 is 10.1 Å². The molecule has 4 rings (SSSR count). The molecule has 164 valence electrons. The van der Waals surface area contributed by atoms with Gasteiger partial charge in [0.05, 0.1) is 5.56 Å². The predicted octanol–water partition coefficient (Wildman–Crippen LogP) is 6.02. The van der Waals surface area contributed by atoms with Crippen LogP contribution in [0, 0.1) is 0 Å². The zero-order chi connectivity index (χ0) is 22.6. The van der Waals surface area contributed by atoms with Crippen LogP contribution in [-0.4, -0.2) is 22.7 Å². The molecule has 10 heteroatoms. The number of hydrogen-bond acceptors (Lipinski definition) is 6. The number of rotatable bonds is 7. The Bertz CT molecular complexity index is 1240. The number of hydrogen-bond donors (Lipinski definition) is 1. The van der Waals surface area contributed by atoms with Gasteiger partial charge in [0.25, 0.3) is 5.91 Å². The van der Waals surface area contributed by atoms with Crippen molar-refractivity contribution in [1.29, 1.82) is 0 Å². The number of amides is 1. The van der Waals surface area contributed by atoms with Gasteiger partial charge in [-0.3, -0.25) is 10.1 Å². The number of thioether (sulfide) groups is 1. The molecule has 0 unspecified atom stereocenters. The maximum absolute atomic E-state index is 12.8. The number of alkyl halides is 3. The summed E-state index contributed by atoms with van der Waals surface area (Å²) in [6.45, 7) is -0.190. The fourth-order valence-corrected chi connectivity index (χ4v) is 4.57. The van der Waals surface area contributed by atoms with Crippen LogP contribution in [0.3, 0.4) is 0 Å². The molecule has 0 fully saturated rings. The highest BCUT2D eigenvalue weighted by Crippen LogP contribution is 2.32. The fraction of sp³-hybridized carbons (Fsp3) is 0.136. The van der Waals surface area contributed by atoms with Gasteiger partial charge in [-0.15, -0.1) is 10.2 Å². The standard InChI is InChI=1S/C22H16F3N3O2S2/c23-22(24,25)17-7-3-4-14(10-17)13-31-21-28-27-20(32-21)26-19(29)12-30-18-9-8-15-5-1-2-6-16(15)11-18/h1-11H,12-13H2,(H,26,27,29). The lowest BCUT2D eigenvalue weighted by Gasteiger charge is -2.07. The maximum Gasteiger partial charge on any atom is 0.416 e. The summed E-state index contributed by atoms with van der Waals surface area (Å²) in [5.41, 5.74) is -0.165. The van der Waals surface area contributed by atoms with Gasteiger partial charge in [-0.1, -0.05) is 71.6 Å². The molecule has 4 aromatic rings. The average Bonchev–Trinajstić information content (AvgIpc) is 3.23. The van der Waals surface area contributed by atoms with Crippen LogP contribution in [0.2, 0.25) is 0 Å². The molecule has 0 bridgehead atoms. The first-order valence-corrected chi connectivity index (χ1v) is 11.2. The first-order valence-electron chi connectivity index (χ1n) is 9.41. The van der Waals surface area contributed by atoms with E-state index >= 15 is 0 Å². The van der Waals surface area contributed by atoms with Crippen molar-refractivity contribution in [2.24, 2.45) is 0 Å². The molecule has 0 spiro atoms. The summed E-state index contributed by atoms with van der Waals surface area (Å²) in [5, 5.41) is 12.9. The van der Waals surface area contributed by atoms with E-state index in [-0.39, 0.29) is 12.5 Å². The van der Waals surface area contributed by atoms with E-state index in [1.54, 1.807) is 12.1 Å². The lowest BCUT2D eigenvalue weighted by Crippen LogP contribution is -2.20. The molecule has 0 radical (unpaired) electrons. The van der Waals surface area contributed by atoms with Gasteiger partial charge in [0.1, 0.15) is 5.75 Å². The highest BCUT2D eigenvalue weighted by Gasteiger charge is 2.30. The Kier molecular flexibility index (Phi) is 6.61. The third-order valence-electron chi connectivity index (χ3n) is 4.36. The molecule has 1 heterocycles. The van der Waals surface area contributed by atoms with Crippen molar-refractivity contribution in [3.8, 4) is 5.75 Å². The zero-order valence-electron chi connectivity index (χ0n) is 16.4. The Morgan fingerprint density at radius 3 is 2.62 bits per heavy atom. The minimum Gasteiger partial charge on any atom is -0.484 e. The monoisotopic (exact) mass is 475 g/mol. The van der Waals surface area contributed by atoms with Gasteiger partial charge in [-0.25, -0.2) is 0 Å². The van der Waals surface area contributed by atoms with Crippen molar-refractivity contribution >= 4 is 44.9 Å². The second kappa shape index (κ2) is 9.58. The van der Waals surface area contributed by atoms with Gasteiger partial charge < -0.3 is 4.74 Å². The van der Waals surface area contributed by atoms with Crippen LogP contribution in [0.1, 0.15) is 11.1 Å². The number of benzene rings is 3. The zero-order valence-corrected chi connectivity index (χ0v) is 18.1. The molecule has 1 N–H and O–H groups in total. The first kappa shape index (κ1) is 22.1. The Morgan fingerprint density at radius 1 is 1.00 bits per heavy atom. The van der Waals surface area contributed by atoms with Crippen LogP contribution in [0.5, 0.6) is 5.75 Å². The summed E-state index contributed by atoms with van der Waals surface area (Å²) in [6, 6.07) is 18.5. The minimum atomic E-state index is -4.38. The van der Waals surface area contributed by atoms with Crippen LogP contribution in [0.15, 0.2) is 71.1 Å². The van der Waals surface area contributed by atoms with E-state index in [1.807, 2.05) is 36.4 Å². The van der Waals surface area contributed by atoms with Crippen LogP contribution in [0.4, 0.5) is 18.3 Å².